The zero-order chi connectivity index (χ0) is 14.8. The van der Waals surface area contributed by atoms with Crippen molar-refractivity contribution in [2.24, 2.45) is 11.7 Å². The normalized spacial score (nSPS) is 21.8. The molecule has 112 valence electrons. The van der Waals surface area contributed by atoms with Gasteiger partial charge < -0.3 is 15.6 Å². The van der Waals surface area contributed by atoms with Gasteiger partial charge in [-0.05, 0) is 56.5 Å². The fourth-order valence-corrected chi connectivity index (χ4v) is 3.58. The van der Waals surface area contributed by atoms with E-state index in [9.17, 15) is 4.79 Å². The van der Waals surface area contributed by atoms with E-state index in [1.807, 2.05) is 35.4 Å². The fraction of sp³-hybridized carbons (Fsp3) is 0.471. The van der Waals surface area contributed by atoms with Crippen LogP contribution in [0.2, 0.25) is 0 Å². The third-order valence-corrected chi connectivity index (χ3v) is 4.72. The average Bonchev–Trinajstić information content (AvgIpc) is 3.15. The Bertz CT molecular complexity index is 634. The van der Waals surface area contributed by atoms with Crippen molar-refractivity contribution in [2.45, 2.75) is 32.2 Å². The number of benzene rings is 1. The van der Waals surface area contributed by atoms with Crippen molar-refractivity contribution in [1.29, 1.82) is 0 Å². The van der Waals surface area contributed by atoms with Crippen LogP contribution in [0, 0.1) is 5.92 Å². The molecular weight excluding hydrogens is 262 g/mol. The van der Waals surface area contributed by atoms with Crippen LogP contribution in [0.25, 0.3) is 10.9 Å². The SMILES string of the molecule is CCN(C(=O)c1ccc2[nH]ccc2c1)C1CCCC1CN. The predicted molar refractivity (Wildman–Crippen MR) is 85.2 cm³/mol. The summed E-state index contributed by atoms with van der Waals surface area (Å²) in [5.74, 6) is 0.579. The molecule has 3 rings (SSSR count). The summed E-state index contributed by atoms with van der Waals surface area (Å²) in [5.41, 5.74) is 7.71. The summed E-state index contributed by atoms with van der Waals surface area (Å²) in [6, 6.07) is 8.17. The number of nitrogens with zero attached hydrogens (tertiary/aromatic N) is 1. The van der Waals surface area contributed by atoms with E-state index in [-0.39, 0.29) is 5.91 Å². The van der Waals surface area contributed by atoms with Crippen molar-refractivity contribution < 1.29 is 4.79 Å². The van der Waals surface area contributed by atoms with Gasteiger partial charge in [0.15, 0.2) is 0 Å². The second-order valence-corrected chi connectivity index (χ2v) is 5.86. The molecule has 21 heavy (non-hydrogen) atoms. The lowest BCUT2D eigenvalue weighted by Crippen LogP contribution is -2.44. The molecule has 4 nitrogen and oxygen atoms in total. The molecule has 2 unspecified atom stereocenters. The molecule has 0 radical (unpaired) electrons. The van der Waals surface area contributed by atoms with E-state index >= 15 is 0 Å². The quantitative estimate of drug-likeness (QED) is 0.907. The highest BCUT2D eigenvalue weighted by Gasteiger charge is 2.33. The number of carbonyl (C=O) groups is 1. The fourth-order valence-electron chi connectivity index (χ4n) is 3.58. The van der Waals surface area contributed by atoms with Gasteiger partial charge in [0.1, 0.15) is 0 Å². The Balaban J connectivity index is 1.87. The molecule has 2 aromatic rings. The first kappa shape index (κ1) is 14.1. The summed E-state index contributed by atoms with van der Waals surface area (Å²) in [5, 5.41) is 1.08. The third-order valence-electron chi connectivity index (χ3n) is 4.72. The molecule has 2 atom stereocenters. The lowest BCUT2D eigenvalue weighted by Gasteiger charge is -2.32. The molecule has 0 aliphatic heterocycles. The van der Waals surface area contributed by atoms with Gasteiger partial charge in [-0.3, -0.25) is 4.79 Å². The summed E-state index contributed by atoms with van der Waals surface area (Å²) in [6.45, 7) is 3.47. The molecule has 1 saturated carbocycles. The first-order valence-corrected chi connectivity index (χ1v) is 7.82. The molecule has 1 heterocycles. The first-order chi connectivity index (χ1) is 10.2. The molecule has 1 aromatic heterocycles. The van der Waals surface area contributed by atoms with Gasteiger partial charge in [-0.25, -0.2) is 0 Å². The van der Waals surface area contributed by atoms with E-state index in [0.717, 1.165) is 35.9 Å². The van der Waals surface area contributed by atoms with Crippen molar-refractivity contribution in [3.05, 3.63) is 36.0 Å². The van der Waals surface area contributed by atoms with E-state index in [4.69, 9.17) is 5.73 Å². The van der Waals surface area contributed by atoms with Crippen LogP contribution < -0.4 is 5.73 Å². The van der Waals surface area contributed by atoms with Crippen LogP contribution in [0.4, 0.5) is 0 Å². The maximum atomic E-state index is 12.9. The summed E-state index contributed by atoms with van der Waals surface area (Å²) in [7, 11) is 0. The van der Waals surface area contributed by atoms with Crippen molar-refractivity contribution in [1.82, 2.24) is 9.88 Å². The second kappa shape index (κ2) is 5.90. The Morgan fingerprint density at radius 2 is 2.24 bits per heavy atom. The number of nitrogens with two attached hydrogens (primary N) is 1. The molecule has 1 amide bonds. The summed E-state index contributed by atoms with van der Waals surface area (Å²) >= 11 is 0. The van der Waals surface area contributed by atoms with E-state index in [1.165, 1.54) is 6.42 Å². The standard InChI is InChI=1S/C17H23N3O/c1-2-20(16-5-3-4-14(16)11-18)17(21)13-6-7-15-12(10-13)8-9-19-15/h6-10,14,16,19H,2-5,11,18H2,1H3. The second-order valence-electron chi connectivity index (χ2n) is 5.86. The largest absolute Gasteiger partial charge is 0.361 e. The average molecular weight is 285 g/mol. The van der Waals surface area contributed by atoms with Gasteiger partial charge in [0.2, 0.25) is 0 Å². The maximum Gasteiger partial charge on any atom is 0.254 e. The zero-order valence-electron chi connectivity index (χ0n) is 12.5. The Morgan fingerprint density at radius 3 is 3.00 bits per heavy atom. The molecule has 1 aromatic carbocycles. The van der Waals surface area contributed by atoms with Gasteiger partial charge in [-0.15, -0.1) is 0 Å². The van der Waals surface area contributed by atoms with Gasteiger partial charge >= 0.3 is 0 Å². The predicted octanol–water partition coefficient (Wildman–Crippen LogP) is 2.76. The van der Waals surface area contributed by atoms with Gasteiger partial charge in [0.05, 0.1) is 0 Å². The third kappa shape index (κ3) is 2.56. The molecule has 0 spiro atoms. The first-order valence-electron chi connectivity index (χ1n) is 7.82. The Labute approximate surface area is 125 Å². The van der Waals surface area contributed by atoms with Crippen molar-refractivity contribution >= 4 is 16.8 Å². The molecule has 4 heteroatoms. The van der Waals surface area contributed by atoms with E-state index < -0.39 is 0 Å². The smallest absolute Gasteiger partial charge is 0.254 e. The number of aromatic amines is 1. The van der Waals surface area contributed by atoms with E-state index in [0.29, 0.717) is 18.5 Å². The molecule has 1 aliphatic rings. The van der Waals surface area contributed by atoms with Crippen molar-refractivity contribution in [3.8, 4) is 0 Å². The molecule has 0 saturated heterocycles. The Morgan fingerprint density at radius 1 is 1.38 bits per heavy atom. The molecule has 0 bridgehead atoms. The van der Waals surface area contributed by atoms with Gasteiger partial charge in [-0.2, -0.15) is 0 Å². The van der Waals surface area contributed by atoms with Crippen LogP contribution in [0.3, 0.4) is 0 Å². The zero-order valence-corrected chi connectivity index (χ0v) is 12.5. The number of fused-ring (bicyclic) bond motifs is 1. The van der Waals surface area contributed by atoms with Crippen LogP contribution in [-0.2, 0) is 0 Å². The number of carbonyl (C=O) groups excluding carboxylic acids is 1. The van der Waals surface area contributed by atoms with Crippen LogP contribution in [0.1, 0.15) is 36.5 Å². The lowest BCUT2D eigenvalue weighted by molar-refractivity contribution is 0.0652. The minimum Gasteiger partial charge on any atom is -0.361 e. The van der Waals surface area contributed by atoms with Crippen molar-refractivity contribution in [3.63, 3.8) is 0 Å². The van der Waals surface area contributed by atoms with Crippen LogP contribution in [-0.4, -0.2) is 34.9 Å². The summed E-state index contributed by atoms with van der Waals surface area (Å²) in [6.07, 6.45) is 5.29. The maximum absolute atomic E-state index is 12.9. The number of rotatable bonds is 4. The number of amides is 1. The van der Waals surface area contributed by atoms with Gasteiger partial charge in [0.25, 0.3) is 5.91 Å². The number of hydrogen-bond donors (Lipinski definition) is 2. The topological polar surface area (TPSA) is 62.1 Å². The molecular formula is C17H23N3O. The van der Waals surface area contributed by atoms with Gasteiger partial charge in [0, 0.05) is 35.2 Å². The number of hydrogen-bond acceptors (Lipinski definition) is 2. The molecule has 1 aliphatic carbocycles. The summed E-state index contributed by atoms with van der Waals surface area (Å²) < 4.78 is 0. The van der Waals surface area contributed by atoms with E-state index in [1.54, 1.807) is 0 Å². The minimum absolute atomic E-state index is 0.131. The number of nitrogens with one attached hydrogen (secondary N) is 1. The molecule has 3 N–H and O–H groups in total. The Kier molecular flexibility index (Phi) is 3.97. The van der Waals surface area contributed by atoms with Gasteiger partial charge in [-0.1, -0.05) is 6.42 Å². The highest BCUT2D eigenvalue weighted by Crippen LogP contribution is 2.30. The van der Waals surface area contributed by atoms with Crippen LogP contribution >= 0.6 is 0 Å². The van der Waals surface area contributed by atoms with Crippen LogP contribution in [0.15, 0.2) is 30.5 Å². The lowest BCUT2D eigenvalue weighted by atomic mass is 10.0. The monoisotopic (exact) mass is 285 g/mol. The molecule has 1 fully saturated rings. The van der Waals surface area contributed by atoms with Crippen LogP contribution in [0.5, 0.6) is 0 Å². The summed E-state index contributed by atoms with van der Waals surface area (Å²) in [4.78, 5) is 18.0. The highest BCUT2D eigenvalue weighted by atomic mass is 16.2. The van der Waals surface area contributed by atoms with Crippen molar-refractivity contribution in [2.75, 3.05) is 13.1 Å². The number of aromatic nitrogens is 1. The highest BCUT2D eigenvalue weighted by molar-refractivity contribution is 5.98. The number of H-pyrrole nitrogens is 1. The minimum atomic E-state index is 0.131. The Hall–Kier alpha value is -1.81. The van der Waals surface area contributed by atoms with E-state index in [2.05, 4.69) is 11.9 Å².